The zero-order valence-corrected chi connectivity index (χ0v) is 12.9. The molecule has 21 heavy (non-hydrogen) atoms. The minimum atomic E-state index is -3.59. The molecule has 0 spiro atoms. The topological polar surface area (TPSA) is 84.2 Å². The molecule has 0 unspecified atom stereocenters. The van der Waals surface area contributed by atoms with Crippen LogP contribution in [0.4, 0.5) is 5.82 Å². The van der Waals surface area contributed by atoms with Gasteiger partial charge in [0.1, 0.15) is 17.3 Å². The summed E-state index contributed by atoms with van der Waals surface area (Å²) in [4.78, 5) is 4.27. The molecule has 7 heteroatoms. The van der Waals surface area contributed by atoms with Crippen molar-refractivity contribution in [3.05, 3.63) is 42.0 Å². The lowest BCUT2D eigenvalue weighted by Crippen LogP contribution is -2.23. The quantitative estimate of drug-likeness (QED) is 0.819. The zero-order valence-electron chi connectivity index (χ0n) is 12.1. The van der Waals surface area contributed by atoms with E-state index in [4.69, 9.17) is 4.42 Å². The van der Waals surface area contributed by atoms with E-state index in [0.29, 0.717) is 11.6 Å². The van der Waals surface area contributed by atoms with Gasteiger partial charge in [0.05, 0.1) is 11.4 Å². The Balaban J connectivity index is 2.08. The fourth-order valence-electron chi connectivity index (χ4n) is 1.76. The number of hydrogen-bond donors (Lipinski definition) is 2. The molecule has 6 nitrogen and oxygen atoms in total. The highest BCUT2D eigenvalue weighted by molar-refractivity contribution is 7.89. The van der Waals surface area contributed by atoms with E-state index in [1.165, 1.54) is 18.3 Å². The van der Waals surface area contributed by atoms with E-state index >= 15 is 0 Å². The maximum atomic E-state index is 12.2. The fourth-order valence-corrected chi connectivity index (χ4v) is 2.76. The van der Waals surface area contributed by atoms with Crippen molar-refractivity contribution < 1.29 is 12.8 Å². The molecule has 0 aliphatic rings. The van der Waals surface area contributed by atoms with Crippen LogP contribution < -0.4 is 10.0 Å². The standard InChI is InChI=1S/C14H19N3O3S/c1-3-7-15-14-9-13(6-8-16-14)21(18,19)17-10-12-5-4-11(2)20-12/h4-6,8-9,17H,3,7,10H2,1-2H3,(H,15,16). The predicted octanol–water partition coefficient (Wildman–Crippen LogP) is 2.28. The first-order valence-electron chi connectivity index (χ1n) is 6.76. The van der Waals surface area contributed by atoms with E-state index in [2.05, 4.69) is 15.0 Å². The van der Waals surface area contributed by atoms with Gasteiger partial charge in [-0.3, -0.25) is 0 Å². The molecule has 2 N–H and O–H groups in total. The van der Waals surface area contributed by atoms with Crippen LogP contribution in [0.15, 0.2) is 39.8 Å². The Bertz CT molecular complexity index is 695. The highest BCUT2D eigenvalue weighted by Gasteiger charge is 2.15. The first kappa shape index (κ1) is 15.5. The summed E-state index contributed by atoms with van der Waals surface area (Å²) in [5.74, 6) is 1.88. The Labute approximate surface area is 124 Å². The molecule has 0 aliphatic heterocycles. The summed E-state index contributed by atoms with van der Waals surface area (Å²) in [6, 6.07) is 6.53. The van der Waals surface area contributed by atoms with Gasteiger partial charge in [0.15, 0.2) is 0 Å². The Kier molecular flexibility index (Phi) is 4.98. The van der Waals surface area contributed by atoms with Crippen molar-refractivity contribution in [1.29, 1.82) is 0 Å². The number of pyridine rings is 1. The van der Waals surface area contributed by atoms with Crippen LogP contribution >= 0.6 is 0 Å². The Morgan fingerprint density at radius 3 is 2.76 bits per heavy atom. The number of aromatic nitrogens is 1. The van der Waals surface area contributed by atoms with Crippen molar-refractivity contribution in [1.82, 2.24) is 9.71 Å². The highest BCUT2D eigenvalue weighted by Crippen LogP contribution is 2.14. The fraction of sp³-hybridized carbons (Fsp3) is 0.357. The normalized spacial score (nSPS) is 11.5. The van der Waals surface area contributed by atoms with Gasteiger partial charge in [-0.05, 0) is 31.5 Å². The number of anilines is 1. The summed E-state index contributed by atoms with van der Waals surface area (Å²) in [6.45, 7) is 4.71. The van der Waals surface area contributed by atoms with E-state index in [-0.39, 0.29) is 11.4 Å². The summed E-state index contributed by atoms with van der Waals surface area (Å²) in [5, 5.41) is 3.06. The lowest BCUT2D eigenvalue weighted by atomic mass is 10.4. The van der Waals surface area contributed by atoms with E-state index in [9.17, 15) is 8.42 Å². The summed E-state index contributed by atoms with van der Waals surface area (Å²) in [7, 11) is -3.59. The molecule has 0 bridgehead atoms. The van der Waals surface area contributed by atoms with Gasteiger partial charge in [0.2, 0.25) is 10.0 Å². The zero-order chi connectivity index (χ0) is 15.3. The average molecular weight is 309 g/mol. The van der Waals surface area contributed by atoms with Gasteiger partial charge in [-0.2, -0.15) is 0 Å². The molecule has 114 valence electrons. The van der Waals surface area contributed by atoms with E-state index in [1.807, 2.05) is 13.8 Å². The largest absolute Gasteiger partial charge is 0.465 e. The SMILES string of the molecule is CCCNc1cc(S(=O)(=O)NCc2ccc(C)o2)ccn1. The summed E-state index contributed by atoms with van der Waals surface area (Å²) < 4.78 is 32.3. The third-order valence-electron chi connectivity index (χ3n) is 2.83. The van der Waals surface area contributed by atoms with Crippen molar-refractivity contribution in [3.8, 4) is 0 Å². The van der Waals surface area contributed by atoms with Crippen molar-refractivity contribution in [2.45, 2.75) is 31.7 Å². The van der Waals surface area contributed by atoms with Crippen LogP contribution in [0.1, 0.15) is 24.9 Å². The van der Waals surface area contributed by atoms with Gasteiger partial charge in [0, 0.05) is 18.8 Å². The minimum Gasteiger partial charge on any atom is -0.465 e. The van der Waals surface area contributed by atoms with Crippen LogP contribution in [0.25, 0.3) is 0 Å². The van der Waals surface area contributed by atoms with E-state index in [1.54, 1.807) is 12.1 Å². The molecule has 0 atom stereocenters. The van der Waals surface area contributed by atoms with Crippen LogP contribution in [0.3, 0.4) is 0 Å². The van der Waals surface area contributed by atoms with Crippen molar-refractivity contribution >= 4 is 15.8 Å². The second kappa shape index (κ2) is 6.73. The van der Waals surface area contributed by atoms with Gasteiger partial charge in [-0.25, -0.2) is 18.1 Å². The molecule has 2 heterocycles. The Hall–Kier alpha value is -1.86. The number of nitrogens with zero attached hydrogens (tertiary/aromatic N) is 1. The monoisotopic (exact) mass is 309 g/mol. The minimum absolute atomic E-state index is 0.121. The van der Waals surface area contributed by atoms with E-state index < -0.39 is 10.0 Å². The van der Waals surface area contributed by atoms with Crippen molar-refractivity contribution in [2.24, 2.45) is 0 Å². The molecule has 2 aromatic heterocycles. The third kappa shape index (κ3) is 4.30. The molecule has 0 aromatic carbocycles. The number of aryl methyl sites for hydroxylation is 1. The lowest BCUT2D eigenvalue weighted by molar-refractivity contribution is 0.475. The summed E-state index contributed by atoms with van der Waals surface area (Å²) in [5.41, 5.74) is 0. The predicted molar refractivity (Wildman–Crippen MR) is 80.5 cm³/mol. The van der Waals surface area contributed by atoms with Gasteiger partial charge in [-0.1, -0.05) is 6.92 Å². The molecule has 0 aliphatic carbocycles. The van der Waals surface area contributed by atoms with Crippen LogP contribution in [0, 0.1) is 6.92 Å². The average Bonchev–Trinajstić information content (AvgIpc) is 2.89. The summed E-state index contributed by atoms with van der Waals surface area (Å²) in [6.07, 6.45) is 2.42. The summed E-state index contributed by atoms with van der Waals surface area (Å²) >= 11 is 0. The lowest BCUT2D eigenvalue weighted by Gasteiger charge is -2.08. The maximum Gasteiger partial charge on any atom is 0.241 e. The number of rotatable bonds is 7. The molecule has 0 saturated heterocycles. The number of furan rings is 1. The Morgan fingerprint density at radius 1 is 1.29 bits per heavy atom. The first-order chi connectivity index (χ1) is 10.0. The molecule has 2 rings (SSSR count). The third-order valence-corrected chi connectivity index (χ3v) is 4.23. The second-order valence-electron chi connectivity index (χ2n) is 4.64. The van der Waals surface area contributed by atoms with Crippen LogP contribution in [-0.4, -0.2) is 19.9 Å². The van der Waals surface area contributed by atoms with E-state index in [0.717, 1.165) is 18.7 Å². The molecule has 0 radical (unpaired) electrons. The van der Waals surface area contributed by atoms with Crippen LogP contribution in [-0.2, 0) is 16.6 Å². The molecule has 0 amide bonds. The van der Waals surface area contributed by atoms with Crippen LogP contribution in [0.2, 0.25) is 0 Å². The van der Waals surface area contributed by atoms with Crippen molar-refractivity contribution in [3.63, 3.8) is 0 Å². The highest BCUT2D eigenvalue weighted by atomic mass is 32.2. The second-order valence-corrected chi connectivity index (χ2v) is 6.41. The number of hydrogen-bond acceptors (Lipinski definition) is 5. The van der Waals surface area contributed by atoms with Gasteiger partial charge < -0.3 is 9.73 Å². The van der Waals surface area contributed by atoms with Crippen molar-refractivity contribution in [2.75, 3.05) is 11.9 Å². The first-order valence-corrected chi connectivity index (χ1v) is 8.24. The smallest absolute Gasteiger partial charge is 0.241 e. The molecular weight excluding hydrogens is 290 g/mol. The number of sulfonamides is 1. The van der Waals surface area contributed by atoms with Gasteiger partial charge in [0.25, 0.3) is 0 Å². The molecule has 2 aromatic rings. The van der Waals surface area contributed by atoms with Crippen LogP contribution in [0.5, 0.6) is 0 Å². The molecule has 0 fully saturated rings. The van der Waals surface area contributed by atoms with Gasteiger partial charge in [-0.15, -0.1) is 0 Å². The maximum absolute atomic E-state index is 12.2. The number of nitrogens with one attached hydrogen (secondary N) is 2. The van der Waals surface area contributed by atoms with Gasteiger partial charge >= 0.3 is 0 Å². The Morgan fingerprint density at radius 2 is 2.10 bits per heavy atom. The molecule has 0 saturated carbocycles. The molecular formula is C14H19N3O3S.